The summed E-state index contributed by atoms with van der Waals surface area (Å²) >= 11 is 0. The van der Waals surface area contributed by atoms with Gasteiger partial charge in [0.25, 0.3) is 5.70 Å². The fraction of sp³-hybridized carbons (Fsp3) is 0.261. The molecule has 0 aromatic heterocycles. The summed E-state index contributed by atoms with van der Waals surface area (Å²) in [5.41, 5.74) is 0.950. The van der Waals surface area contributed by atoms with E-state index in [9.17, 15) is 23.7 Å². The van der Waals surface area contributed by atoms with Gasteiger partial charge in [-0.15, -0.1) is 0 Å². The van der Waals surface area contributed by atoms with Gasteiger partial charge in [-0.1, -0.05) is 43.3 Å². The van der Waals surface area contributed by atoms with Crippen LogP contribution in [0, 0.1) is 10.1 Å². The molecule has 7 nitrogen and oxygen atoms in total. The molecule has 0 saturated carbocycles. The number of aryl methyl sites for hydroxylation is 1. The highest BCUT2D eigenvalue weighted by Crippen LogP contribution is 2.42. The zero-order valence-corrected chi connectivity index (χ0v) is 17.7. The SMILES string of the molecule is CCc1ccccc1OC(=O)C1=C(C)NC(C)=C([N+](=O)[O-])C1c1ccccc1OC(F)F. The number of nitrogens with zero attached hydrogens (tertiary/aromatic N) is 1. The number of nitrogens with one attached hydrogen (secondary N) is 1. The Balaban J connectivity index is 2.14. The number of dihydropyridines is 1. The fourth-order valence-electron chi connectivity index (χ4n) is 3.77. The van der Waals surface area contributed by atoms with Gasteiger partial charge in [-0.25, -0.2) is 4.79 Å². The first-order valence-electron chi connectivity index (χ1n) is 9.91. The Morgan fingerprint density at radius 2 is 1.72 bits per heavy atom. The van der Waals surface area contributed by atoms with Crippen LogP contribution in [0.5, 0.6) is 11.5 Å². The van der Waals surface area contributed by atoms with Crippen LogP contribution in [0.4, 0.5) is 8.78 Å². The number of hydrogen-bond acceptors (Lipinski definition) is 6. The number of esters is 1. The van der Waals surface area contributed by atoms with Gasteiger partial charge in [0.1, 0.15) is 17.4 Å². The summed E-state index contributed by atoms with van der Waals surface area (Å²) in [4.78, 5) is 24.6. The van der Waals surface area contributed by atoms with Gasteiger partial charge in [0.15, 0.2) is 0 Å². The Labute approximate surface area is 183 Å². The molecule has 32 heavy (non-hydrogen) atoms. The van der Waals surface area contributed by atoms with E-state index in [4.69, 9.17) is 4.74 Å². The normalized spacial score (nSPS) is 16.1. The molecule has 0 saturated heterocycles. The molecular weight excluding hydrogens is 422 g/mol. The van der Waals surface area contributed by atoms with Crippen LogP contribution in [0.25, 0.3) is 0 Å². The summed E-state index contributed by atoms with van der Waals surface area (Å²) in [6.07, 6.45) is 0.605. The molecule has 1 aliphatic rings. The molecule has 1 N–H and O–H groups in total. The van der Waals surface area contributed by atoms with Crippen LogP contribution in [-0.4, -0.2) is 17.5 Å². The predicted molar refractivity (Wildman–Crippen MR) is 113 cm³/mol. The fourth-order valence-corrected chi connectivity index (χ4v) is 3.77. The van der Waals surface area contributed by atoms with Crippen molar-refractivity contribution < 1.29 is 28.0 Å². The quantitative estimate of drug-likeness (QED) is 0.282. The number of carbonyl (C=O) groups excluding carboxylic acids is 1. The maximum Gasteiger partial charge on any atom is 0.387 e. The second-order valence-electron chi connectivity index (χ2n) is 7.13. The summed E-state index contributed by atoms with van der Waals surface area (Å²) in [5.74, 6) is -2.03. The smallest absolute Gasteiger partial charge is 0.387 e. The number of ether oxygens (including phenoxy) is 2. The summed E-state index contributed by atoms with van der Waals surface area (Å²) < 4.78 is 36.3. The number of rotatable bonds is 7. The Morgan fingerprint density at radius 1 is 1.09 bits per heavy atom. The number of nitro groups is 1. The molecule has 1 atom stereocenters. The minimum Gasteiger partial charge on any atom is -0.435 e. The van der Waals surface area contributed by atoms with Gasteiger partial charge in [0.05, 0.1) is 16.2 Å². The highest BCUT2D eigenvalue weighted by atomic mass is 19.3. The lowest BCUT2D eigenvalue weighted by atomic mass is 9.83. The second-order valence-corrected chi connectivity index (χ2v) is 7.13. The molecule has 0 spiro atoms. The van der Waals surface area contributed by atoms with Gasteiger partial charge >= 0.3 is 12.6 Å². The van der Waals surface area contributed by atoms with Crippen molar-refractivity contribution in [2.75, 3.05) is 0 Å². The minimum atomic E-state index is -3.14. The molecule has 0 bridgehead atoms. The van der Waals surface area contributed by atoms with Crippen LogP contribution in [-0.2, 0) is 11.2 Å². The zero-order chi connectivity index (χ0) is 23.4. The number of benzene rings is 2. The number of allylic oxidation sites excluding steroid dienone is 3. The van der Waals surface area contributed by atoms with Crippen LogP contribution >= 0.6 is 0 Å². The number of para-hydroxylation sites is 2. The van der Waals surface area contributed by atoms with E-state index in [1.165, 1.54) is 31.2 Å². The molecule has 2 aromatic carbocycles. The van der Waals surface area contributed by atoms with Crippen molar-refractivity contribution in [3.8, 4) is 11.5 Å². The van der Waals surface area contributed by atoms with Gasteiger partial charge in [-0.3, -0.25) is 10.1 Å². The second kappa shape index (κ2) is 9.59. The largest absolute Gasteiger partial charge is 0.435 e. The first-order valence-corrected chi connectivity index (χ1v) is 9.91. The van der Waals surface area contributed by atoms with Crippen molar-refractivity contribution in [1.82, 2.24) is 5.32 Å². The third kappa shape index (κ3) is 4.61. The average molecular weight is 444 g/mol. The number of halogens is 2. The van der Waals surface area contributed by atoms with Gasteiger partial charge in [-0.2, -0.15) is 8.78 Å². The number of hydrogen-bond donors (Lipinski definition) is 1. The van der Waals surface area contributed by atoms with Crippen LogP contribution in [0.2, 0.25) is 0 Å². The molecule has 1 heterocycles. The van der Waals surface area contributed by atoms with Gasteiger partial charge < -0.3 is 14.8 Å². The van der Waals surface area contributed by atoms with E-state index in [0.717, 1.165) is 5.56 Å². The standard InChI is InChI=1S/C23H22F2N2O5/c1-4-15-9-5-7-11-17(15)31-22(28)19-13(2)26-14(3)21(27(29)30)20(19)16-10-6-8-12-18(16)32-23(24)25/h5-12,20,23,26H,4H2,1-3H3. The third-order valence-corrected chi connectivity index (χ3v) is 5.14. The average Bonchev–Trinajstić information content (AvgIpc) is 2.73. The van der Waals surface area contributed by atoms with Crippen molar-refractivity contribution in [2.24, 2.45) is 0 Å². The summed E-state index contributed by atoms with van der Waals surface area (Å²) in [7, 11) is 0. The summed E-state index contributed by atoms with van der Waals surface area (Å²) in [6, 6.07) is 12.6. The molecule has 1 aliphatic heterocycles. The monoisotopic (exact) mass is 444 g/mol. The predicted octanol–water partition coefficient (Wildman–Crippen LogP) is 4.93. The lowest BCUT2D eigenvalue weighted by Crippen LogP contribution is -2.32. The topological polar surface area (TPSA) is 90.7 Å². The molecular formula is C23H22F2N2O5. The Hall–Kier alpha value is -3.75. The molecule has 0 amide bonds. The van der Waals surface area contributed by atoms with E-state index in [0.29, 0.717) is 17.9 Å². The maximum atomic E-state index is 13.3. The maximum absolute atomic E-state index is 13.3. The molecule has 0 fully saturated rings. The number of alkyl halides is 2. The van der Waals surface area contributed by atoms with Crippen molar-refractivity contribution in [1.29, 1.82) is 0 Å². The Bertz CT molecular complexity index is 1110. The van der Waals surface area contributed by atoms with Crippen LogP contribution in [0.3, 0.4) is 0 Å². The van der Waals surface area contributed by atoms with Gasteiger partial charge in [0.2, 0.25) is 0 Å². The molecule has 0 radical (unpaired) electrons. The van der Waals surface area contributed by atoms with Crippen LogP contribution < -0.4 is 14.8 Å². The van der Waals surface area contributed by atoms with Crippen LogP contribution in [0.1, 0.15) is 37.8 Å². The van der Waals surface area contributed by atoms with E-state index >= 15 is 0 Å². The molecule has 3 rings (SSSR count). The highest BCUT2D eigenvalue weighted by Gasteiger charge is 2.42. The Morgan fingerprint density at radius 3 is 2.34 bits per heavy atom. The first-order chi connectivity index (χ1) is 15.2. The van der Waals surface area contributed by atoms with Crippen LogP contribution in [0.15, 0.2) is 71.2 Å². The lowest BCUT2D eigenvalue weighted by molar-refractivity contribution is -0.431. The zero-order valence-electron chi connectivity index (χ0n) is 17.7. The Kier molecular flexibility index (Phi) is 6.87. The van der Waals surface area contributed by atoms with E-state index in [1.807, 2.05) is 6.92 Å². The van der Waals surface area contributed by atoms with Gasteiger partial charge in [0, 0.05) is 11.3 Å². The lowest BCUT2D eigenvalue weighted by Gasteiger charge is -2.27. The number of carbonyl (C=O) groups is 1. The first kappa shape index (κ1) is 22.9. The van der Waals surface area contributed by atoms with Crippen molar-refractivity contribution in [2.45, 2.75) is 39.7 Å². The molecule has 2 aromatic rings. The molecule has 0 aliphatic carbocycles. The van der Waals surface area contributed by atoms with E-state index in [-0.39, 0.29) is 28.3 Å². The van der Waals surface area contributed by atoms with Crippen molar-refractivity contribution >= 4 is 5.97 Å². The molecule has 1 unspecified atom stereocenters. The molecule has 168 valence electrons. The van der Waals surface area contributed by atoms with Crippen molar-refractivity contribution in [3.63, 3.8) is 0 Å². The minimum absolute atomic E-state index is 0.0569. The summed E-state index contributed by atoms with van der Waals surface area (Å²) in [6.45, 7) is 1.82. The van der Waals surface area contributed by atoms with Crippen molar-refractivity contribution in [3.05, 3.63) is 92.4 Å². The highest BCUT2D eigenvalue weighted by molar-refractivity contribution is 5.94. The summed E-state index contributed by atoms with van der Waals surface area (Å²) in [5, 5.41) is 14.8. The van der Waals surface area contributed by atoms with Gasteiger partial charge in [-0.05, 0) is 38.0 Å². The van der Waals surface area contributed by atoms with E-state index in [2.05, 4.69) is 10.1 Å². The third-order valence-electron chi connectivity index (χ3n) is 5.14. The molecule has 9 heteroatoms. The van der Waals surface area contributed by atoms with E-state index in [1.54, 1.807) is 31.2 Å². The van der Waals surface area contributed by atoms with E-state index < -0.39 is 23.4 Å².